The first-order valence-electron chi connectivity index (χ1n) is 7.70. The van der Waals surface area contributed by atoms with Crippen molar-refractivity contribution >= 4 is 5.91 Å². The standard InChI is InChI=1S/C18H23NO2/c1-14-16(8-2-3-13-20)9-5-10-17(14)18(21)19-12-11-15-6-4-7-15/h5,9-10,15,20H,3-4,6-7,11-13H2,1H3,(H,19,21). The summed E-state index contributed by atoms with van der Waals surface area (Å²) in [6.07, 6.45) is 5.50. The van der Waals surface area contributed by atoms with Crippen LogP contribution in [0.2, 0.25) is 0 Å². The summed E-state index contributed by atoms with van der Waals surface area (Å²) < 4.78 is 0. The SMILES string of the molecule is Cc1c(C#CCCO)cccc1C(=O)NCCC1CCC1. The molecule has 2 rings (SSSR count). The van der Waals surface area contributed by atoms with Crippen molar-refractivity contribution in [1.82, 2.24) is 5.32 Å². The average molecular weight is 285 g/mol. The molecule has 1 aliphatic rings. The van der Waals surface area contributed by atoms with Gasteiger partial charge in [-0.2, -0.15) is 0 Å². The molecule has 0 radical (unpaired) electrons. The van der Waals surface area contributed by atoms with Crippen LogP contribution < -0.4 is 5.32 Å². The van der Waals surface area contributed by atoms with Gasteiger partial charge in [0, 0.05) is 24.1 Å². The molecule has 0 atom stereocenters. The van der Waals surface area contributed by atoms with E-state index in [2.05, 4.69) is 17.2 Å². The lowest BCUT2D eigenvalue weighted by atomic mass is 9.83. The topological polar surface area (TPSA) is 49.3 Å². The molecule has 1 fully saturated rings. The maximum Gasteiger partial charge on any atom is 0.251 e. The maximum atomic E-state index is 12.2. The zero-order chi connectivity index (χ0) is 15.1. The number of carbonyl (C=O) groups is 1. The molecular formula is C18H23NO2. The van der Waals surface area contributed by atoms with E-state index in [4.69, 9.17) is 5.11 Å². The molecule has 2 N–H and O–H groups in total. The number of rotatable bonds is 5. The van der Waals surface area contributed by atoms with E-state index >= 15 is 0 Å². The van der Waals surface area contributed by atoms with Crippen LogP contribution in [0.25, 0.3) is 0 Å². The Morgan fingerprint density at radius 2 is 2.24 bits per heavy atom. The molecule has 0 heterocycles. The molecule has 0 saturated heterocycles. The number of hydrogen-bond donors (Lipinski definition) is 2. The Morgan fingerprint density at radius 1 is 1.43 bits per heavy atom. The van der Waals surface area contributed by atoms with Crippen LogP contribution >= 0.6 is 0 Å². The van der Waals surface area contributed by atoms with E-state index in [-0.39, 0.29) is 12.5 Å². The van der Waals surface area contributed by atoms with Gasteiger partial charge in [-0.15, -0.1) is 0 Å². The van der Waals surface area contributed by atoms with E-state index in [1.807, 2.05) is 25.1 Å². The summed E-state index contributed by atoms with van der Waals surface area (Å²) in [5.74, 6) is 6.70. The number of hydrogen-bond acceptors (Lipinski definition) is 2. The van der Waals surface area contributed by atoms with Crippen molar-refractivity contribution in [1.29, 1.82) is 0 Å². The number of benzene rings is 1. The number of amides is 1. The second-order valence-corrected chi connectivity index (χ2v) is 5.60. The molecule has 21 heavy (non-hydrogen) atoms. The van der Waals surface area contributed by atoms with Crippen molar-refractivity contribution in [2.45, 2.75) is 39.0 Å². The summed E-state index contributed by atoms with van der Waals surface area (Å²) in [5.41, 5.74) is 2.46. The van der Waals surface area contributed by atoms with Gasteiger partial charge in [0.25, 0.3) is 5.91 Å². The van der Waals surface area contributed by atoms with Crippen LogP contribution in [0.3, 0.4) is 0 Å². The highest BCUT2D eigenvalue weighted by atomic mass is 16.2. The molecule has 0 aromatic heterocycles. The van der Waals surface area contributed by atoms with E-state index in [1.165, 1.54) is 19.3 Å². The monoisotopic (exact) mass is 285 g/mol. The molecule has 0 bridgehead atoms. The number of aliphatic hydroxyl groups excluding tert-OH is 1. The third-order valence-corrected chi connectivity index (χ3v) is 4.10. The van der Waals surface area contributed by atoms with Gasteiger partial charge in [-0.25, -0.2) is 0 Å². The molecule has 1 aromatic rings. The Kier molecular flexibility index (Phi) is 5.83. The fourth-order valence-corrected chi connectivity index (χ4v) is 2.50. The van der Waals surface area contributed by atoms with Crippen LogP contribution in [0, 0.1) is 24.7 Å². The third-order valence-electron chi connectivity index (χ3n) is 4.10. The fourth-order valence-electron chi connectivity index (χ4n) is 2.50. The normalized spacial score (nSPS) is 14.0. The average Bonchev–Trinajstić information content (AvgIpc) is 2.43. The molecule has 1 aromatic carbocycles. The smallest absolute Gasteiger partial charge is 0.251 e. The van der Waals surface area contributed by atoms with Gasteiger partial charge in [0.15, 0.2) is 0 Å². The quantitative estimate of drug-likeness (QED) is 0.817. The van der Waals surface area contributed by atoms with Gasteiger partial charge in [0.2, 0.25) is 0 Å². The predicted octanol–water partition coefficient (Wildman–Crippen LogP) is 2.65. The molecule has 0 aliphatic heterocycles. The van der Waals surface area contributed by atoms with E-state index in [0.717, 1.165) is 30.0 Å². The summed E-state index contributed by atoms with van der Waals surface area (Å²) in [5, 5.41) is 11.8. The van der Waals surface area contributed by atoms with E-state index in [0.29, 0.717) is 12.0 Å². The second-order valence-electron chi connectivity index (χ2n) is 5.60. The van der Waals surface area contributed by atoms with Gasteiger partial charge in [-0.1, -0.05) is 37.2 Å². The molecule has 1 amide bonds. The first-order valence-corrected chi connectivity index (χ1v) is 7.70. The van der Waals surface area contributed by atoms with Crippen LogP contribution in [0.1, 0.15) is 53.6 Å². The fraction of sp³-hybridized carbons (Fsp3) is 0.500. The Hall–Kier alpha value is -1.79. The minimum absolute atomic E-state index is 0.0161. The zero-order valence-electron chi connectivity index (χ0n) is 12.6. The lowest BCUT2D eigenvalue weighted by molar-refractivity contribution is 0.0948. The van der Waals surface area contributed by atoms with Crippen molar-refractivity contribution in [3.05, 3.63) is 34.9 Å². The molecule has 1 aliphatic carbocycles. The van der Waals surface area contributed by atoms with Crippen LogP contribution in [0.4, 0.5) is 0 Å². The van der Waals surface area contributed by atoms with E-state index < -0.39 is 0 Å². The summed E-state index contributed by atoms with van der Waals surface area (Å²) >= 11 is 0. The summed E-state index contributed by atoms with van der Waals surface area (Å²) in [6, 6.07) is 5.60. The molecule has 3 heteroatoms. The van der Waals surface area contributed by atoms with Gasteiger partial charge in [0.05, 0.1) is 6.61 Å². The van der Waals surface area contributed by atoms with Gasteiger partial charge in [-0.05, 0) is 37.0 Å². The van der Waals surface area contributed by atoms with Crippen molar-refractivity contribution in [2.75, 3.05) is 13.2 Å². The highest BCUT2D eigenvalue weighted by Gasteiger charge is 2.17. The molecule has 112 valence electrons. The van der Waals surface area contributed by atoms with Gasteiger partial charge >= 0.3 is 0 Å². The predicted molar refractivity (Wildman–Crippen MR) is 84.1 cm³/mol. The molecule has 3 nitrogen and oxygen atoms in total. The number of carbonyl (C=O) groups excluding carboxylic acids is 1. The maximum absolute atomic E-state index is 12.2. The second kappa shape index (κ2) is 7.85. The van der Waals surface area contributed by atoms with Crippen LogP contribution in [0.15, 0.2) is 18.2 Å². The van der Waals surface area contributed by atoms with Crippen LogP contribution in [-0.4, -0.2) is 24.2 Å². The molecular weight excluding hydrogens is 262 g/mol. The summed E-state index contributed by atoms with van der Waals surface area (Å²) in [6.45, 7) is 2.74. The van der Waals surface area contributed by atoms with Crippen molar-refractivity contribution < 1.29 is 9.90 Å². The summed E-state index contributed by atoms with van der Waals surface area (Å²) in [7, 11) is 0. The largest absolute Gasteiger partial charge is 0.395 e. The number of aliphatic hydroxyl groups is 1. The lowest BCUT2D eigenvalue weighted by Gasteiger charge is -2.25. The van der Waals surface area contributed by atoms with Crippen molar-refractivity contribution in [3.63, 3.8) is 0 Å². The minimum Gasteiger partial charge on any atom is -0.395 e. The van der Waals surface area contributed by atoms with Crippen molar-refractivity contribution in [2.24, 2.45) is 5.92 Å². The van der Waals surface area contributed by atoms with Crippen molar-refractivity contribution in [3.8, 4) is 11.8 Å². The van der Waals surface area contributed by atoms with Gasteiger partial charge < -0.3 is 10.4 Å². The Labute approximate surface area is 126 Å². The van der Waals surface area contributed by atoms with Gasteiger partial charge in [-0.3, -0.25) is 4.79 Å². The van der Waals surface area contributed by atoms with E-state index in [9.17, 15) is 4.79 Å². The summed E-state index contributed by atoms with van der Waals surface area (Å²) in [4.78, 5) is 12.2. The first-order chi connectivity index (χ1) is 10.2. The Morgan fingerprint density at radius 3 is 2.90 bits per heavy atom. The Balaban J connectivity index is 1.96. The highest BCUT2D eigenvalue weighted by molar-refractivity contribution is 5.96. The lowest BCUT2D eigenvalue weighted by Crippen LogP contribution is -2.28. The van der Waals surface area contributed by atoms with Crippen LogP contribution in [-0.2, 0) is 0 Å². The first kappa shape index (κ1) is 15.6. The Bertz CT molecular complexity index is 550. The zero-order valence-corrected chi connectivity index (χ0v) is 12.6. The third kappa shape index (κ3) is 4.34. The van der Waals surface area contributed by atoms with E-state index in [1.54, 1.807) is 0 Å². The highest BCUT2D eigenvalue weighted by Crippen LogP contribution is 2.28. The molecule has 1 saturated carbocycles. The number of nitrogens with one attached hydrogen (secondary N) is 1. The minimum atomic E-state index is -0.0161. The van der Waals surface area contributed by atoms with Gasteiger partial charge in [0.1, 0.15) is 0 Å². The molecule has 0 unspecified atom stereocenters. The van der Waals surface area contributed by atoms with Crippen LogP contribution in [0.5, 0.6) is 0 Å². The molecule has 0 spiro atoms.